The molecule has 1 aliphatic heterocycles. The Kier molecular flexibility index (Phi) is 7.11. The van der Waals surface area contributed by atoms with E-state index in [1.165, 1.54) is 5.56 Å². The van der Waals surface area contributed by atoms with Crippen LogP contribution in [0.15, 0.2) is 84.6 Å². The fraction of sp³-hybridized carbons (Fsp3) is 0.207. The summed E-state index contributed by atoms with van der Waals surface area (Å²) in [7, 11) is 0. The van der Waals surface area contributed by atoms with Gasteiger partial charge in [0.2, 0.25) is 0 Å². The van der Waals surface area contributed by atoms with E-state index >= 15 is 0 Å². The molecule has 6 heteroatoms. The van der Waals surface area contributed by atoms with Crippen molar-refractivity contribution in [3.8, 4) is 0 Å². The Morgan fingerprint density at radius 2 is 1.54 bits per heavy atom. The number of hydrogen-bond acceptors (Lipinski definition) is 5. The van der Waals surface area contributed by atoms with E-state index in [9.17, 15) is 14.4 Å². The third-order valence-electron chi connectivity index (χ3n) is 5.79. The summed E-state index contributed by atoms with van der Waals surface area (Å²) < 4.78 is 5.16. The summed E-state index contributed by atoms with van der Waals surface area (Å²) in [6, 6.07) is 23.2. The first-order valence-electron chi connectivity index (χ1n) is 11.7. The van der Waals surface area contributed by atoms with Crippen LogP contribution in [0.4, 0.5) is 11.4 Å². The number of benzene rings is 3. The number of imide groups is 1. The summed E-state index contributed by atoms with van der Waals surface area (Å²) in [5, 5.41) is 3.18. The molecule has 0 spiro atoms. The fourth-order valence-corrected chi connectivity index (χ4v) is 3.87. The zero-order chi connectivity index (χ0) is 24.9. The van der Waals surface area contributed by atoms with Crippen molar-refractivity contribution in [3.63, 3.8) is 0 Å². The average Bonchev–Trinajstić information content (AvgIpc) is 3.12. The first-order valence-corrected chi connectivity index (χ1v) is 11.7. The van der Waals surface area contributed by atoms with Gasteiger partial charge in [-0.05, 0) is 59.9 Å². The molecule has 1 N–H and O–H groups in total. The zero-order valence-electron chi connectivity index (χ0n) is 20.1. The second kappa shape index (κ2) is 10.4. The minimum atomic E-state index is -0.455. The van der Waals surface area contributed by atoms with Crippen LogP contribution < -0.4 is 10.2 Å². The topological polar surface area (TPSA) is 75.7 Å². The molecule has 0 bridgehead atoms. The molecule has 2 amide bonds. The van der Waals surface area contributed by atoms with Crippen molar-refractivity contribution < 1.29 is 19.1 Å². The van der Waals surface area contributed by atoms with Gasteiger partial charge in [-0.1, -0.05) is 63.2 Å². The van der Waals surface area contributed by atoms with E-state index in [1.54, 1.807) is 36.4 Å². The number of nitrogens with one attached hydrogen (secondary N) is 1. The number of anilines is 2. The second-order valence-electron chi connectivity index (χ2n) is 8.65. The van der Waals surface area contributed by atoms with Crippen LogP contribution in [0, 0.1) is 0 Å². The number of hydrogen-bond donors (Lipinski definition) is 1. The molecule has 0 fully saturated rings. The van der Waals surface area contributed by atoms with E-state index in [0.717, 1.165) is 17.0 Å². The molecule has 0 aliphatic carbocycles. The third kappa shape index (κ3) is 5.01. The molecule has 0 aromatic heterocycles. The Morgan fingerprint density at radius 3 is 2.14 bits per heavy atom. The van der Waals surface area contributed by atoms with Gasteiger partial charge in [0.15, 0.2) is 0 Å². The van der Waals surface area contributed by atoms with Gasteiger partial charge < -0.3 is 10.1 Å². The highest BCUT2D eigenvalue weighted by Crippen LogP contribution is 2.34. The van der Waals surface area contributed by atoms with Gasteiger partial charge in [-0.2, -0.15) is 0 Å². The van der Waals surface area contributed by atoms with Crippen molar-refractivity contribution in [1.29, 1.82) is 0 Å². The standard InChI is InChI=1S/C29H28N2O4/c1-4-18-35-29(34)22-12-16-24(17-13-22)31-27(32)25(21-8-6-5-7-9-21)26(28(31)33)30-23-14-10-20(11-15-23)19(2)3/h5-17,19,30H,4,18H2,1-3H3. The van der Waals surface area contributed by atoms with Gasteiger partial charge in [-0.25, -0.2) is 9.69 Å². The van der Waals surface area contributed by atoms with Crippen LogP contribution in [0.5, 0.6) is 0 Å². The Morgan fingerprint density at radius 1 is 0.886 bits per heavy atom. The number of ether oxygens (including phenoxy) is 1. The van der Waals surface area contributed by atoms with Gasteiger partial charge in [-0.3, -0.25) is 9.59 Å². The maximum Gasteiger partial charge on any atom is 0.338 e. The number of carbonyl (C=O) groups is 3. The molecule has 1 aliphatic rings. The fourth-order valence-electron chi connectivity index (χ4n) is 3.87. The van der Waals surface area contributed by atoms with Gasteiger partial charge in [-0.15, -0.1) is 0 Å². The lowest BCUT2D eigenvalue weighted by molar-refractivity contribution is -0.120. The lowest BCUT2D eigenvalue weighted by atomic mass is 10.0. The molecule has 0 atom stereocenters. The predicted molar refractivity (Wildman–Crippen MR) is 137 cm³/mol. The molecule has 178 valence electrons. The van der Waals surface area contributed by atoms with Crippen molar-refractivity contribution in [2.45, 2.75) is 33.1 Å². The van der Waals surface area contributed by atoms with E-state index < -0.39 is 17.8 Å². The van der Waals surface area contributed by atoms with Crippen molar-refractivity contribution in [2.75, 3.05) is 16.8 Å². The van der Waals surface area contributed by atoms with Gasteiger partial charge >= 0.3 is 5.97 Å². The number of rotatable bonds is 8. The molecular formula is C29H28N2O4. The van der Waals surface area contributed by atoms with E-state index in [2.05, 4.69) is 19.2 Å². The summed E-state index contributed by atoms with van der Waals surface area (Å²) in [6.45, 7) is 6.48. The number of carbonyl (C=O) groups excluding carboxylic acids is 3. The largest absolute Gasteiger partial charge is 0.462 e. The molecule has 35 heavy (non-hydrogen) atoms. The van der Waals surface area contributed by atoms with Gasteiger partial charge in [0, 0.05) is 5.69 Å². The van der Waals surface area contributed by atoms with E-state index in [0.29, 0.717) is 34.9 Å². The highest BCUT2D eigenvalue weighted by Gasteiger charge is 2.40. The maximum absolute atomic E-state index is 13.5. The first kappa shape index (κ1) is 24.0. The quantitative estimate of drug-likeness (QED) is 0.335. The molecule has 0 saturated heterocycles. The summed E-state index contributed by atoms with van der Waals surface area (Å²) in [6.07, 6.45) is 0.727. The summed E-state index contributed by atoms with van der Waals surface area (Å²) in [4.78, 5) is 40.3. The van der Waals surface area contributed by atoms with Crippen LogP contribution in [-0.4, -0.2) is 24.4 Å². The maximum atomic E-state index is 13.5. The minimum absolute atomic E-state index is 0.213. The molecule has 0 saturated carbocycles. The van der Waals surface area contributed by atoms with Gasteiger partial charge in [0.25, 0.3) is 11.8 Å². The van der Waals surface area contributed by atoms with Crippen LogP contribution in [0.25, 0.3) is 5.57 Å². The molecule has 3 aromatic carbocycles. The Labute approximate surface area is 205 Å². The van der Waals surface area contributed by atoms with E-state index in [1.807, 2.05) is 49.4 Å². The number of nitrogens with zero attached hydrogens (tertiary/aromatic N) is 1. The highest BCUT2D eigenvalue weighted by atomic mass is 16.5. The summed E-state index contributed by atoms with van der Waals surface area (Å²) in [5.41, 5.74) is 3.80. The SMILES string of the molecule is CCCOC(=O)c1ccc(N2C(=O)C(Nc3ccc(C(C)C)cc3)=C(c3ccccc3)C2=O)cc1. The Hall–Kier alpha value is -4.19. The third-order valence-corrected chi connectivity index (χ3v) is 5.79. The summed E-state index contributed by atoms with van der Waals surface area (Å²) in [5.74, 6) is -0.935. The molecule has 0 unspecified atom stereocenters. The van der Waals surface area contributed by atoms with E-state index in [-0.39, 0.29) is 5.70 Å². The molecule has 4 rings (SSSR count). The van der Waals surface area contributed by atoms with Crippen molar-refractivity contribution in [1.82, 2.24) is 0 Å². The van der Waals surface area contributed by atoms with Crippen LogP contribution in [-0.2, 0) is 14.3 Å². The second-order valence-corrected chi connectivity index (χ2v) is 8.65. The predicted octanol–water partition coefficient (Wildman–Crippen LogP) is 5.77. The van der Waals surface area contributed by atoms with Crippen LogP contribution >= 0.6 is 0 Å². The molecule has 6 nitrogen and oxygen atoms in total. The Bertz CT molecular complexity index is 1260. The van der Waals surface area contributed by atoms with Gasteiger partial charge in [0.05, 0.1) is 23.4 Å². The average molecular weight is 469 g/mol. The first-order chi connectivity index (χ1) is 16.9. The van der Waals surface area contributed by atoms with Crippen LogP contribution in [0.1, 0.15) is 54.6 Å². The normalized spacial score (nSPS) is 13.5. The van der Waals surface area contributed by atoms with Gasteiger partial charge in [0.1, 0.15) is 5.70 Å². The zero-order valence-corrected chi connectivity index (χ0v) is 20.1. The number of esters is 1. The van der Waals surface area contributed by atoms with Crippen LogP contribution in [0.3, 0.4) is 0 Å². The monoisotopic (exact) mass is 468 g/mol. The van der Waals surface area contributed by atoms with Crippen molar-refractivity contribution in [3.05, 3.63) is 101 Å². The lowest BCUT2D eigenvalue weighted by Crippen LogP contribution is -2.32. The molecular weight excluding hydrogens is 440 g/mol. The van der Waals surface area contributed by atoms with Crippen molar-refractivity contribution >= 4 is 34.7 Å². The summed E-state index contributed by atoms with van der Waals surface area (Å²) >= 11 is 0. The Balaban J connectivity index is 1.67. The number of amides is 2. The molecule has 0 radical (unpaired) electrons. The van der Waals surface area contributed by atoms with E-state index in [4.69, 9.17) is 4.74 Å². The molecule has 1 heterocycles. The smallest absolute Gasteiger partial charge is 0.338 e. The molecule has 3 aromatic rings. The minimum Gasteiger partial charge on any atom is -0.462 e. The highest BCUT2D eigenvalue weighted by molar-refractivity contribution is 6.46. The lowest BCUT2D eigenvalue weighted by Gasteiger charge is -2.16. The van der Waals surface area contributed by atoms with Crippen molar-refractivity contribution in [2.24, 2.45) is 0 Å². The van der Waals surface area contributed by atoms with Crippen LogP contribution in [0.2, 0.25) is 0 Å².